The molecule has 0 bridgehead atoms. The van der Waals surface area contributed by atoms with Crippen molar-refractivity contribution >= 4 is 17.6 Å². The number of nitrogens with zero attached hydrogens (tertiary/aromatic N) is 2. The van der Waals surface area contributed by atoms with Gasteiger partial charge in [0.25, 0.3) is 5.91 Å². The number of rotatable bonds is 4. The Hall–Kier alpha value is -2.51. The molecular weight excluding hydrogens is 259 g/mol. The van der Waals surface area contributed by atoms with Gasteiger partial charge < -0.3 is 9.64 Å². The lowest BCUT2D eigenvalue weighted by atomic mass is 10.1. The standard InChI is InChI=1S/C11H11FN2O5/c1-13(6-10(15)19-2)11(16)7-3-4-8(12)9(5-7)14(17)18/h3-5H,6H2,1-2H3. The quantitative estimate of drug-likeness (QED) is 0.462. The summed E-state index contributed by atoms with van der Waals surface area (Å²) in [6, 6.07) is 2.77. The number of hydrogen-bond acceptors (Lipinski definition) is 5. The van der Waals surface area contributed by atoms with Crippen molar-refractivity contribution in [3.63, 3.8) is 0 Å². The molecule has 0 saturated heterocycles. The molecule has 0 aliphatic carbocycles. The number of benzene rings is 1. The van der Waals surface area contributed by atoms with Gasteiger partial charge in [-0.05, 0) is 12.1 Å². The molecule has 19 heavy (non-hydrogen) atoms. The summed E-state index contributed by atoms with van der Waals surface area (Å²) in [6.45, 7) is -0.305. The number of carbonyl (C=O) groups is 2. The van der Waals surface area contributed by atoms with Gasteiger partial charge in [-0.1, -0.05) is 0 Å². The molecule has 0 atom stereocenters. The van der Waals surface area contributed by atoms with Gasteiger partial charge in [-0.15, -0.1) is 0 Å². The summed E-state index contributed by atoms with van der Waals surface area (Å²) in [7, 11) is 2.50. The molecule has 8 heteroatoms. The summed E-state index contributed by atoms with van der Waals surface area (Å²) in [5, 5.41) is 10.6. The fourth-order valence-electron chi connectivity index (χ4n) is 1.34. The van der Waals surface area contributed by atoms with Crippen molar-refractivity contribution in [2.75, 3.05) is 20.7 Å². The van der Waals surface area contributed by atoms with Crippen LogP contribution in [-0.4, -0.2) is 42.4 Å². The summed E-state index contributed by atoms with van der Waals surface area (Å²) in [6.07, 6.45) is 0. The van der Waals surface area contributed by atoms with E-state index in [2.05, 4.69) is 4.74 Å². The molecule has 1 rings (SSSR count). The minimum Gasteiger partial charge on any atom is -0.468 e. The van der Waals surface area contributed by atoms with Gasteiger partial charge in [0.15, 0.2) is 0 Å². The molecule has 0 fully saturated rings. The highest BCUT2D eigenvalue weighted by atomic mass is 19.1. The summed E-state index contributed by atoms with van der Waals surface area (Å²) in [5.41, 5.74) is -0.878. The number of likely N-dealkylation sites (N-methyl/N-ethyl adjacent to an activating group) is 1. The van der Waals surface area contributed by atoms with E-state index in [4.69, 9.17) is 0 Å². The zero-order chi connectivity index (χ0) is 14.6. The molecule has 0 aromatic heterocycles. The number of methoxy groups -OCH3 is 1. The van der Waals surface area contributed by atoms with Crippen LogP contribution in [0, 0.1) is 15.9 Å². The summed E-state index contributed by atoms with van der Waals surface area (Å²) in [5.74, 6) is -2.31. The van der Waals surface area contributed by atoms with Gasteiger partial charge in [0, 0.05) is 18.7 Å². The van der Waals surface area contributed by atoms with Crippen molar-refractivity contribution in [3.05, 3.63) is 39.7 Å². The van der Waals surface area contributed by atoms with E-state index in [0.717, 1.165) is 23.1 Å². The fraction of sp³-hybridized carbons (Fsp3) is 0.273. The normalized spacial score (nSPS) is 9.84. The number of carbonyl (C=O) groups excluding carboxylic acids is 2. The van der Waals surface area contributed by atoms with Gasteiger partial charge in [0.2, 0.25) is 5.82 Å². The van der Waals surface area contributed by atoms with E-state index < -0.39 is 28.3 Å². The van der Waals surface area contributed by atoms with Crippen molar-refractivity contribution in [1.82, 2.24) is 4.90 Å². The SMILES string of the molecule is COC(=O)CN(C)C(=O)c1ccc(F)c([N+](=O)[O-])c1. The Morgan fingerprint density at radius 3 is 2.63 bits per heavy atom. The number of nitro groups is 1. The third kappa shape index (κ3) is 3.47. The number of ether oxygens (including phenoxy) is 1. The number of esters is 1. The zero-order valence-corrected chi connectivity index (χ0v) is 10.3. The topological polar surface area (TPSA) is 89.8 Å². The molecule has 1 aromatic carbocycles. The van der Waals surface area contributed by atoms with Crippen LogP contribution in [0.25, 0.3) is 0 Å². The molecule has 1 amide bonds. The van der Waals surface area contributed by atoms with Crippen LogP contribution in [0.3, 0.4) is 0 Å². The second-order valence-corrected chi connectivity index (χ2v) is 3.66. The van der Waals surface area contributed by atoms with Crippen LogP contribution in [0.1, 0.15) is 10.4 Å². The minimum atomic E-state index is -1.03. The maximum absolute atomic E-state index is 13.1. The van der Waals surface area contributed by atoms with Crippen LogP contribution in [0.4, 0.5) is 10.1 Å². The number of hydrogen-bond donors (Lipinski definition) is 0. The zero-order valence-electron chi connectivity index (χ0n) is 10.3. The van der Waals surface area contributed by atoms with Crippen molar-refractivity contribution in [1.29, 1.82) is 0 Å². The molecule has 0 heterocycles. The number of nitro benzene ring substituents is 1. The van der Waals surface area contributed by atoms with Gasteiger partial charge in [-0.25, -0.2) is 0 Å². The molecule has 102 valence electrons. The largest absolute Gasteiger partial charge is 0.468 e. The molecule has 0 radical (unpaired) electrons. The van der Waals surface area contributed by atoms with E-state index in [1.807, 2.05) is 0 Å². The molecule has 0 N–H and O–H groups in total. The number of halogens is 1. The van der Waals surface area contributed by atoms with Crippen molar-refractivity contribution < 1.29 is 23.6 Å². The summed E-state index contributed by atoms with van der Waals surface area (Å²) in [4.78, 5) is 33.5. The van der Waals surface area contributed by atoms with Crippen molar-refractivity contribution in [2.24, 2.45) is 0 Å². The first kappa shape index (κ1) is 14.6. The highest BCUT2D eigenvalue weighted by molar-refractivity contribution is 5.96. The van der Waals surface area contributed by atoms with Crippen LogP contribution in [-0.2, 0) is 9.53 Å². The second kappa shape index (κ2) is 5.89. The molecule has 0 spiro atoms. The van der Waals surface area contributed by atoms with E-state index in [1.165, 1.54) is 14.2 Å². The van der Waals surface area contributed by atoms with Crippen LogP contribution >= 0.6 is 0 Å². The highest BCUT2D eigenvalue weighted by Crippen LogP contribution is 2.19. The second-order valence-electron chi connectivity index (χ2n) is 3.66. The monoisotopic (exact) mass is 270 g/mol. The summed E-state index contributed by atoms with van der Waals surface area (Å²) >= 11 is 0. The van der Waals surface area contributed by atoms with Gasteiger partial charge in [0.05, 0.1) is 12.0 Å². The molecule has 7 nitrogen and oxygen atoms in total. The van der Waals surface area contributed by atoms with Crippen LogP contribution in [0.15, 0.2) is 18.2 Å². The number of amides is 1. The fourth-order valence-corrected chi connectivity index (χ4v) is 1.34. The maximum atomic E-state index is 13.1. The Morgan fingerprint density at radius 1 is 1.47 bits per heavy atom. The van der Waals surface area contributed by atoms with E-state index >= 15 is 0 Å². The van der Waals surface area contributed by atoms with Crippen molar-refractivity contribution in [2.45, 2.75) is 0 Å². The van der Waals surface area contributed by atoms with E-state index in [1.54, 1.807) is 0 Å². The first-order valence-corrected chi connectivity index (χ1v) is 5.13. The predicted molar refractivity (Wildman–Crippen MR) is 62.0 cm³/mol. The van der Waals surface area contributed by atoms with Gasteiger partial charge >= 0.3 is 11.7 Å². The Kier molecular flexibility index (Phi) is 4.51. The maximum Gasteiger partial charge on any atom is 0.325 e. The first-order valence-electron chi connectivity index (χ1n) is 5.13. The Balaban J connectivity index is 2.97. The van der Waals surface area contributed by atoms with Gasteiger partial charge in [-0.3, -0.25) is 19.7 Å². The average molecular weight is 270 g/mol. The van der Waals surface area contributed by atoms with Gasteiger partial charge in [0.1, 0.15) is 6.54 Å². The summed E-state index contributed by atoms with van der Waals surface area (Å²) < 4.78 is 17.5. The molecule has 0 unspecified atom stereocenters. The van der Waals surface area contributed by atoms with E-state index in [-0.39, 0.29) is 12.1 Å². The third-order valence-electron chi connectivity index (χ3n) is 2.33. The van der Waals surface area contributed by atoms with E-state index in [0.29, 0.717) is 0 Å². The smallest absolute Gasteiger partial charge is 0.325 e. The molecule has 0 saturated carbocycles. The minimum absolute atomic E-state index is 0.0838. The lowest BCUT2D eigenvalue weighted by Gasteiger charge is -2.15. The molecule has 1 aromatic rings. The molecule has 0 aliphatic rings. The Bertz CT molecular complexity index is 532. The van der Waals surface area contributed by atoms with Crippen LogP contribution in [0.2, 0.25) is 0 Å². The Labute approximate surface area is 107 Å². The third-order valence-corrected chi connectivity index (χ3v) is 2.33. The van der Waals surface area contributed by atoms with Crippen LogP contribution in [0.5, 0.6) is 0 Å². The molecule has 0 aliphatic heterocycles. The van der Waals surface area contributed by atoms with Gasteiger partial charge in [-0.2, -0.15) is 4.39 Å². The highest BCUT2D eigenvalue weighted by Gasteiger charge is 2.20. The Morgan fingerprint density at radius 2 is 2.11 bits per heavy atom. The predicted octanol–water partition coefficient (Wildman–Crippen LogP) is 0.979. The molecular formula is C11H11FN2O5. The van der Waals surface area contributed by atoms with Crippen molar-refractivity contribution in [3.8, 4) is 0 Å². The first-order chi connectivity index (χ1) is 8.86. The lowest BCUT2D eigenvalue weighted by Crippen LogP contribution is -2.32. The van der Waals surface area contributed by atoms with E-state index in [9.17, 15) is 24.1 Å². The lowest BCUT2D eigenvalue weighted by molar-refractivity contribution is -0.387. The van der Waals surface area contributed by atoms with Crippen LogP contribution < -0.4 is 0 Å². The average Bonchev–Trinajstić information content (AvgIpc) is 2.37.